The number of unbranched alkanes of at least 4 members (excludes halogenated alkanes) is 2. The highest BCUT2D eigenvalue weighted by Gasteiger charge is 2.27. The number of nitrogens with zero attached hydrogens (tertiary/aromatic N) is 5. The normalized spacial score (nSPS) is 12.9. The first-order chi connectivity index (χ1) is 18.2. The number of benzene rings is 2. The highest BCUT2D eigenvalue weighted by Crippen LogP contribution is 2.27. The molecule has 3 aromatic rings. The Kier molecular flexibility index (Phi) is 10.4. The van der Waals surface area contributed by atoms with Gasteiger partial charge < -0.3 is 10.2 Å². The number of anilines is 1. The Bertz CT molecular complexity index is 1250. The summed E-state index contributed by atoms with van der Waals surface area (Å²) in [6.45, 7) is 5.34. The fourth-order valence-corrected chi connectivity index (χ4v) is 4.81. The minimum atomic E-state index is -2.51. The van der Waals surface area contributed by atoms with E-state index in [1.165, 1.54) is 15.8 Å². The summed E-state index contributed by atoms with van der Waals surface area (Å²) in [5, 5.41) is 11.6. The van der Waals surface area contributed by atoms with E-state index < -0.39 is 13.0 Å². The van der Waals surface area contributed by atoms with Crippen LogP contribution in [-0.2, 0) is 29.2 Å². The molecule has 0 fully saturated rings. The second kappa shape index (κ2) is 13.5. The van der Waals surface area contributed by atoms with E-state index in [0.29, 0.717) is 30.8 Å². The molecule has 0 aliphatic carbocycles. The average molecular weight is 543 g/mol. The summed E-state index contributed by atoms with van der Waals surface area (Å²) in [4.78, 5) is 28.1. The molecule has 1 aliphatic heterocycles. The first-order valence-electron chi connectivity index (χ1n) is 13.1. The second-order valence-corrected chi connectivity index (χ2v) is 9.86. The van der Waals surface area contributed by atoms with Gasteiger partial charge in [0, 0.05) is 44.0 Å². The molecule has 8 nitrogen and oxygen atoms in total. The van der Waals surface area contributed by atoms with Crippen molar-refractivity contribution in [1.82, 2.24) is 25.1 Å². The Morgan fingerprint density at radius 1 is 1.10 bits per heavy atom. The average Bonchev–Trinajstić information content (AvgIpc) is 3.48. The SMILES string of the molecule is C.CCCCCNC(=O)CN(CC(=O)N(C)N1Cc2ccccc2C1)c1cc2nn(CC(F)F)cc2cc1C. The third-order valence-electron chi connectivity index (χ3n) is 6.91. The smallest absolute Gasteiger partial charge is 0.257 e. The number of carbonyl (C=O) groups is 2. The zero-order chi connectivity index (χ0) is 27.2. The number of hydrogen-bond acceptors (Lipinski definition) is 5. The van der Waals surface area contributed by atoms with Gasteiger partial charge in [-0.1, -0.05) is 51.5 Å². The van der Waals surface area contributed by atoms with Gasteiger partial charge in [-0.3, -0.25) is 19.3 Å². The van der Waals surface area contributed by atoms with Gasteiger partial charge in [0.15, 0.2) is 0 Å². The zero-order valence-corrected chi connectivity index (χ0v) is 22.3. The number of rotatable bonds is 12. The van der Waals surface area contributed by atoms with E-state index in [0.717, 1.165) is 30.2 Å². The van der Waals surface area contributed by atoms with Crippen LogP contribution in [0.3, 0.4) is 0 Å². The maximum absolute atomic E-state index is 13.5. The minimum absolute atomic E-state index is 0. The molecule has 0 atom stereocenters. The van der Waals surface area contributed by atoms with Crippen LogP contribution < -0.4 is 10.2 Å². The third-order valence-corrected chi connectivity index (χ3v) is 6.91. The number of carbonyl (C=O) groups excluding carboxylic acids is 2. The largest absolute Gasteiger partial charge is 0.355 e. The fraction of sp³-hybridized carbons (Fsp3) is 0.483. The summed E-state index contributed by atoms with van der Waals surface area (Å²) in [5.41, 5.74) is 4.43. The van der Waals surface area contributed by atoms with Gasteiger partial charge >= 0.3 is 0 Å². The molecule has 39 heavy (non-hydrogen) atoms. The fourth-order valence-electron chi connectivity index (χ4n) is 4.81. The molecule has 0 bridgehead atoms. The maximum Gasteiger partial charge on any atom is 0.257 e. The monoisotopic (exact) mass is 542 g/mol. The molecule has 0 saturated heterocycles. The van der Waals surface area contributed by atoms with Crippen molar-refractivity contribution in [1.29, 1.82) is 0 Å². The van der Waals surface area contributed by atoms with Gasteiger partial charge in [0.25, 0.3) is 12.3 Å². The summed E-state index contributed by atoms with van der Waals surface area (Å²) in [5.74, 6) is -0.327. The van der Waals surface area contributed by atoms with Crippen LogP contribution in [0.4, 0.5) is 14.5 Å². The Balaban J connectivity index is 0.00000420. The van der Waals surface area contributed by atoms with Crippen molar-refractivity contribution in [2.45, 2.75) is 66.6 Å². The molecular weight excluding hydrogens is 502 g/mol. The number of alkyl halides is 2. The number of aromatic nitrogens is 2. The van der Waals surface area contributed by atoms with Crippen LogP contribution in [0, 0.1) is 6.92 Å². The molecule has 0 spiro atoms. The molecule has 2 aromatic carbocycles. The summed E-state index contributed by atoms with van der Waals surface area (Å²) >= 11 is 0. The molecular formula is C29H40F2N6O2. The molecule has 1 N–H and O–H groups in total. The van der Waals surface area contributed by atoms with Gasteiger partial charge in [0.1, 0.15) is 6.54 Å². The lowest BCUT2D eigenvalue weighted by Gasteiger charge is -2.32. The topological polar surface area (TPSA) is 73.7 Å². The van der Waals surface area contributed by atoms with Crippen molar-refractivity contribution in [3.05, 3.63) is 59.3 Å². The Labute approximate surface area is 229 Å². The molecule has 4 rings (SSSR count). The van der Waals surface area contributed by atoms with Crippen molar-refractivity contribution in [2.75, 3.05) is 31.6 Å². The Morgan fingerprint density at radius 2 is 1.79 bits per heavy atom. The van der Waals surface area contributed by atoms with Crippen molar-refractivity contribution >= 4 is 28.4 Å². The van der Waals surface area contributed by atoms with Crippen LogP contribution in [0.2, 0.25) is 0 Å². The maximum atomic E-state index is 13.5. The standard InChI is InChI=1S/C28H36F2N6O2.CH4/c1-4-5-8-11-31-27(37)18-34(19-28(38)33(3)36-15-21-9-6-7-10-22(21)16-36)25-13-24-23(12-20(25)2)14-35(32-24)17-26(29)30;/h6-7,9-10,12-14,26H,4-5,8,11,15-19H2,1-3H3,(H,31,37);1H4. The predicted molar refractivity (Wildman–Crippen MR) is 150 cm³/mol. The molecule has 1 aromatic heterocycles. The minimum Gasteiger partial charge on any atom is -0.355 e. The number of nitrogens with one attached hydrogen (secondary N) is 1. The van der Waals surface area contributed by atoms with E-state index in [1.54, 1.807) is 29.2 Å². The Morgan fingerprint density at radius 3 is 2.44 bits per heavy atom. The van der Waals surface area contributed by atoms with Crippen LogP contribution >= 0.6 is 0 Å². The predicted octanol–water partition coefficient (Wildman–Crippen LogP) is 4.75. The van der Waals surface area contributed by atoms with Crippen molar-refractivity contribution in [2.24, 2.45) is 0 Å². The number of aryl methyl sites for hydroxylation is 1. The third kappa shape index (κ3) is 7.53. The summed E-state index contributed by atoms with van der Waals surface area (Å²) < 4.78 is 27.0. The van der Waals surface area contributed by atoms with Crippen LogP contribution in [0.15, 0.2) is 42.6 Å². The first-order valence-corrected chi connectivity index (χ1v) is 13.1. The second-order valence-electron chi connectivity index (χ2n) is 9.86. The van der Waals surface area contributed by atoms with Gasteiger partial charge in [-0.05, 0) is 42.2 Å². The van der Waals surface area contributed by atoms with Crippen molar-refractivity contribution in [3.8, 4) is 0 Å². The number of halogens is 2. The van der Waals surface area contributed by atoms with E-state index in [-0.39, 0.29) is 32.3 Å². The van der Waals surface area contributed by atoms with E-state index in [1.807, 2.05) is 30.1 Å². The molecule has 10 heteroatoms. The van der Waals surface area contributed by atoms with Crippen LogP contribution in [0.1, 0.15) is 50.3 Å². The van der Waals surface area contributed by atoms with Gasteiger partial charge in [0.2, 0.25) is 5.91 Å². The first kappa shape index (κ1) is 30.0. The van der Waals surface area contributed by atoms with Crippen molar-refractivity contribution < 1.29 is 18.4 Å². The van der Waals surface area contributed by atoms with Crippen LogP contribution in [0.5, 0.6) is 0 Å². The van der Waals surface area contributed by atoms with E-state index in [2.05, 4.69) is 29.5 Å². The zero-order valence-electron chi connectivity index (χ0n) is 22.3. The molecule has 1 aliphatic rings. The lowest BCUT2D eigenvalue weighted by atomic mass is 10.1. The highest BCUT2D eigenvalue weighted by molar-refractivity contribution is 5.90. The number of amides is 2. The molecule has 2 amide bonds. The molecule has 2 heterocycles. The van der Waals surface area contributed by atoms with Gasteiger partial charge in [-0.25, -0.2) is 13.8 Å². The van der Waals surface area contributed by atoms with Crippen LogP contribution in [0.25, 0.3) is 10.9 Å². The number of fused-ring (bicyclic) bond motifs is 2. The molecule has 212 valence electrons. The van der Waals surface area contributed by atoms with Crippen molar-refractivity contribution in [3.63, 3.8) is 0 Å². The van der Waals surface area contributed by atoms with Gasteiger partial charge in [0.05, 0.1) is 18.6 Å². The number of likely N-dealkylation sites (N-methyl/N-ethyl adjacent to an activating group) is 1. The number of hydrogen-bond donors (Lipinski definition) is 1. The summed E-state index contributed by atoms with van der Waals surface area (Å²) in [6.07, 6.45) is 2.06. The van der Waals surface area contributed by atoms with Crippen LogP contribution in [-0.4, -0.2) is 64.7 Å². The van der Waals surface area contributed by atoms with E-state index in [4.69, 9.17) is 0 Å². The summed E-state index contributed by atoms with van der Waals surface area (Å²) in [7, 11) is 1.75. The summed E-state index contributed by atoms with van der Waals surface area (Å²) in [6, 6.07) is 11.7. The lowest BCUT2D eigenvalue weighted by molar-refractivity contribution is -0.145. The molecule has 0 radical (unpaired) electrons. The van der Waals surface area contributed by atoms with E-state index >= 15 is 0 Å². The Hall–Kier alpha value is -3.53. The quantitative estimate of drug-likeness (QED) is 0.335. The van der Waals surface area contributed by atoms with Gasteiger partial charge in [-0.15, -0.1) is 0 Å². The molecule has 0 saturated carbocycles. The number of hydrazine groups is 1. The highest BCUT2D eigenvalue weighted by atomic mass is 19.3. The molecule has 0 unspecified atom stereocenters. The van der Waals surface area contributed by atoms with Gasteiger partial charge in [-0.2, -0.15) is 5.10 Å². The van der Waals surface area contributed by atoms with E-state index in [9.17, 15) is 18.4 Å². The lowest BCUT2D eigenvalue weighted by Crippen LogP contribution is -2.48.